The second-order valence-electron chi connectivity index (χ2n) is 4.05. The summed E-state index contributed by atoms with van der Waals surface area (Å²) in [5.74, 6) is -0.0806. The Balaban J connectivity index is 1.75. The van der Waals surface area contributed by atoms with Crippen molar-refractivity contribution in [2.24, 2.45) is 0 Å². The van der Waals surface area contributed by atoms with Gasteiger partial charge in [-0.15, -0.1) is 0 Å². The molecule has 1 saturated heterocycles. The summed E-state index contributed by atoms with van der Waals surface area (Å²) in [6.07, 6.45) is 5.00. The van der Waals surface area contributed by atoms with E-state index in [9.17, 15) is 4.79 Å². The van der Waals surface area contributed by atoms with Gasteiger partial charge in [0.15, 0.2) is 0 Å². The van der Waals surface area contributed by atoms with Crippen molar-refractivity contribution in [2.75, 3.05) is 13.2 Å². The van der Waals surface area contributed by atoms with Crippen molar-refractivity contribution in [1.29, 1.82) is 0 Å². The Bertz CT molecular complexity index is 375. The van der Waals surface area contributed by atoms with Crippen molar-refractivity contribution < 1.29 is 9.53 Å². The van der Waals surface area contributed by atoms with Gasteiger partial charge in [0.05, 0.1) is 11.7 Å². The average Bonchev–Trinajstić information content (AvgIpc) is 2.83. The number of ether oxygens (including phenoxy) is 1. The molecular weight excluding hydrogens is 284 g/mol. The van der Waals surface area contributed by atoms with Gasteiger partial charge in [-0.1, -0.05) is 0 Å². The molecule has 2 rings (SSSR count). The molecule has 1 aromatic rings. The molecule has 5 heteroatoms. The predicted molar refractivity (Wildman–Crippen MR) is 67.9 cm³/mol. The number of halogens is 1. The molecule has 92 valence electrons. The first kappa shape index (κ1) is 12.5. The quantitative estimate of drug-likeness (QED) is 0.867. The van der Waals surface area contributed by atoms with Crippen molar-refractivity contribution in [3.8, 4) is 0 Å². The van der Waals surface area contributed by atoms with E-state index in [2.05, 4.69) is 26.2 Å². The van der Waals surface area contributed by atoms with Gasteiger partial charge < -0.3 is 10.1 Å². The normalized spacial score (nSPS) is 19.2. The molecule has 1 amide bonds. The summed E-state index contributed by atoms with van der Waals surface area (Å²) in [7, 11) is 0. The summed E-state index contributed by atoms with van der Waals surface area (Å²) in [6, 6.07) is 3.51. The monoisotopic (exact) mass is 298 g/mol. The Kier molecular flexibility index (Phi) is 4.50. The number of nitrogens with zero attached hydrogens (tertiary/aromatic N) is 1. The van der Waals surface area contributed by atoms with E-state index in [1.807, 2.05) is 0 Å². The summed E-state index contributed by atoms with van der Waals surface area (Å²) in [6.45, 7) is 1.51. The van der Waals surface area contributed by atoms with Crippen LogP contribution in [-0.4, -0.2) is 30.1 Å². The van der Waals surface area contributed by atoms with Gasteiger partial charge in [-0.2, -0.15) is 0 Å². The van der Waals surface area contributed by atoms with Crippen LogP contribution in [0.5, 0.6) is 0 Å². The molecule has 1 aromatic heterocycles. The minimum absolute atomic E-state index is 0.0806. The van der Waals surface area contributed by atoms with E-state index in [1.165, 1.54) is 0 Å². The predicted octanol–water partition coefficient (Wildman–Crippen LogP) is 2.14. The molecule has 1 unspecified atom stereocenters. The number of pyridine rings is 1. The van der Waals surface area contributed by atoms with Gasteiger partial charge in [-0.3, -0.25) is 4.79 Å². The van der Waals surface area contributed by atoms with E-state index in [0.717, 1.165) is 30.5 Å². The molecule has 0 radical (unpaired) electrons. The third kappa shape index (κ3) is 3.78. The largest absolute Gasteiger partial charge is 0.378 e. The zero-order chi connectivity index (χ0) is 12.1. The highest BCUT2D eigenvalue weighted by molar-refractivity contribution is 9.10. The van der Waals surface area contributed by atoms with Crippen LogP contribution in [-0.2, 0) is 4.74 Å². The van der Waals surface area contributed by atoms with Gasteiger partial charge in [0.25, 0.3) is 5.91 Å². The molecule has 1 fully saturated rings. The number of rotatable bonds is 4. The minimum atomic E-state index is -0.0806. The molecule has 0 spiro atoms. The van der Waals surface area contributed by atoms with E-state index >= 15 is 0 Å². The average molecular weight is 299 g/mol. The highest BCUT2D eigenvalue weighted by atomic mass is 79.9. The second-order valence-corrected chi connectivity index (χ2v) is 4.86. The van der Waals surface area contributed by atoms with E-state index in [-0.39, 0.29) is 5.91 Å². The summed E-state index contributed by atoms with van der Waals surface area (Å²) in [5.41, 5.74) is 0.584. The van der Waals surface area contributed by atoms with Crippen LogP contribution in [0.25, 0.3) is 0 Å². The van der Waals surface area contributed by atoms with E-state index in [1.54, 1.807) is 18.3 Å². The highest BCUT2D eigenvalue weighted by Gasteiger charge is 2.15. The van der Waals surface area contributed by atoms with E-state index in [4.69, 9.17) is 4.74 Å². The lowest BCUT2D eigenvalue weighted by Crippen LogP contribution is -2.27. The van der Waals surface area contributed by atoms with Crippen LogP contribution >= 0.6 is 15.9 Å². The van der Waals surface area contributed by atoms with Gasteiger partial charge in [0.2, 0.25) is 0 Å². The first-order valence-corrected chi connectivity index (χ1v) is 6.56. The fourth-order valence-electron chi connectivity index (χ4n) is 1.83. The number of nitrogens with one attached hydrogen (secondary N) is 1. The van der Waals surface area contributed by atoms with Crippen LogP contribution in [0.4, 0.5) is 0 Å². The van der Waals surface area contributed by atoms with Gasteiger partial charge in [-0.25, -0.2) is 4.98 Å². The van der Waals surface area contributed by atoms with Crippen LogP contribution in [0, 0.1) is 0 Å². The summed E-state index contributed by atoms with van der Waals surface area (Å²) >= 11 is 3.23. The van der Waals surface area contributed by atoms with Crippen LogP contribution < -0.4 is 5.32 Å². The van der Waals surface area contributed by atoms with Gasteiger partial charge in [-0.05, 0) is 47.3 Å². The summed E-state index contributed by atoms with van der Waals surface area (Å²) < 4.78 is 6.22. The highest BCUT2D eigenvalue weighted by Crippen LogP contribution is 2.14. The van der Waals surface area contributed by atoms with Crippen LogP contribution in [0.2, 0.25) is 0 Å². The molecule has 1 aliphatic rings. The smallest absolute Gasteiger partial charge is 0.252 e. The number of hydrogen-bond donors (Lipinski definition) is 1. The summed E-state index contributed by atoms with van der Waals surface area (Å²) in [4.78, 5) is 15.7. The van der Waals surface area contributed by atoms with Crippen LogP contribution in [0.3, 0.4) is 0 Å². The lowest BCUT2D eigenvalue weighted by molar-refractivity contribution is 0.0907. The maximum absolute atomic E-state index is 11.7. The maximum Gasteiger partial charge on any atom is 0.252 e. The van der Waals surface area contributed by atoms with Gasteiger partial charge in [0.1, 0.15) is 4.60 Å². The van der Waals surface area contributed by atoms with Crippen molar-refractivity contribution in [2.45, 2.75) is 25.4 Å². The Morgan fingerprint density at radius 3 is 3.12 bits per heavy atom. The molecule has 2 heterocycles. The van der Waals surface area contributed by atoms with Crippen molar-refractivity contribution >= 4 is 21.8 Å². The van der Waals surface area contributed by atoms with Crippen molar-refractivity contribution in [3.63, 3.8) is 0 Å². The minimum Gasteiger partial charge on any atom is -0.378 e. The molecular formula is C12H15BrN2O2. The van der Waals surface area contributed by atoms with E-state index in [0.29, 0.717) is 18.2 Å². The van der Waals surface area contributed by atoms with Gasteiger partial charge in [0, 0.05) is 19.3 Å². The first-order valence-electron chi connectivity index (χ1n) is 5.77. The topological polar surface area (TPSA) is 51.2 Å². The fourth-order valence-corrected chi connectivity index (χ4v) is 2.07. The molecule has 0 aliphatic carbocycles. The zero-order valence-electron chi connectivity index (χ0n) is 9.49. The number of amides is 1. The van der Waals surface area contributed by atoms with Crippen molar-refractivity contribution in [1.82, 2.24) is 10.3 Å². The number of aromatic nitrogens is 1. The van der Waals surface area contributed by atoms with E-state index < -0.39 is 0 Å². The number of carbonyl (C=O) groups excluding carboxylic acids is 1. The standard InChI is InChI=1S/C12H15BrN2O2/c13-11-4-3-9(8-15-11)12(16)14-6-5-10-2-1-7-17-10/h3-4,8,10H,1-2,5-7H2,(H,14,16). The molecule has 1 atom stereocenters. The Hall–Kier alpha value is -0.940. The fraction of sp³-hybridized carbons (Fsp3) is 0.500. The third-order valence-corrected chi connectivity index (χ3v) is 3.23. The SMILES string of the molecule is O=C(NCCC1CCCO1)c1ccc(Br)nc1. The lowest BCUT2D eigenvalue weighted by atomic mass is 10.2. The molecule has 0 bridgehead atoms. The number of carbonyl (C=O) groups is 1. The maximum atomic E-state index is 11.7. The summed E-state index contributed by atoms with van der Waals surface area (Å²) in [5, 5.41) is 2.87. The molecule has 1 aliphatic heterocycles. The van der Waals surface area contributed by atoms with Gasteiger partial charge >= 0.3 is 0 Å². The first-order chi connectivity index (χ1) is 8.25. The molecule has 0 saturated carbocycles. The molecule has 17 heavy (non-hydrogen) atoms. The van der Waals surface area contributed by atoms with Crippen LogP contribution in [0.15, 0.2) is 22.9 Å². The molecule has 4 nitrogen and oxygen atoms in total. The molecule has 1 N–H and O–H groups in total. The Morgan fingerprint density at radius 1 is 1.59 bits per heavy atom. The van der Waals surface area contributed by atoms with Crippen LogP contribution in [0.1, 0.15) is 29.6 Å². The van der Waals surface area contributed by atoms with Crippen molar-refractivity contribution in [3.05, 3.63) is 28.5 Å². The Labute approximate surface area is 109 Å². The molecule has 0 aromatic carbocycles. The third-order valence-electron chi connectivity index (χ3n) is 2.77. The zero-order valence-corrected chi connectivity index (χ0v) is 11.1. The lowest BCUT2D eigenvalue weighted by Gasteiger charge is -2.09. The number of hydrogen-bond acceptors (Lipinski definition) is 3. The second kappa shape index (κ2) is 6.12. The Morgan fingerprint density at radius 2 is 2.47 bits per heavy atom.